The Morgan fingerprint density at radius 2 is 1.50 bits per heavy atom. The summed E-state index contributed by atoms with van der Waals surface area (Å²) in [5.74, 6) is 1.49. The topological polar surface area (TPSA) is 159 Å². The Labute approximate surface area is 356 Å². The zero-order valence-electron chi connectivity index (χ0n) is 34.7. The molecule has 3 atom stereocenters. The van der Waals surface area contributed by atoms with Crippen LogP contribution < -0.4 is 9.47 Å². The van der Waals surface area contributed by atoms with Gasteiger partial charge in [0.25, 0.3) is 8.53 Å². The monoisotopic (exact) mass is 852 g/mol. The summed E-state index contributed by atoms with van der Waals surface area (Å²) in [6.45, 7) is 8.42. The predicted octanol–water partition coefficient (Wildman–Crippen LogP) is 8.28. The Kier molecular flexibility index (Phi) is 15.4. The molecule has 7 rings (SSSR count). The molecule has 0 amide bonds. The van der Waals surface area contributed by atoms with Gasteiger partial charge in [-0.1, -0.05) is 60.7 Å². The minimum Gasteiger partial charge on any atom is -0.497 e. The Balaban J connectivity index is 0.000000345. The van der Waals surface area contributed by atoms with Crippen molar-refractivity contribution in [2.75, 3.05) is 27.4 Å². The average Bonchev–Trinajstić information content (AvgIpc) is 4.04. The van der Waals surface area contributed by atoms with Crippen LogP contribution in [0.25, 0.3) is 21.6 Å². The fourth-order valence-corrected chi connectivity index (χ4v) is 9.30. The average molecular weight is 853 g/mol. The molecular weight excluding hydrogens is 800 g/mol. The second-order valence-corrected chi connectivity index (χ2v) is 16.7. The fraction of sp³-hybridized carbons (Fsp3) is 0.356. The van der Waals surface area contributed by atoms with Gasteiger partial charge in [-0.3, -0.25) is 4.57 Å². The van der Waals surface area contributed by atoms with E-state index in [1.165, 1.54) is 4.78 Å². The van der Waals surface area contributed by atoms with Crippen LogP contribution in [0.1, 0.15) is 63.5 Å². The number of ether oxygens (including phenoxy) is 4. The molecule has 60 heavy (non-hydrogen) atoms. The van der Waals surface area contributed by atoms with Crippen LogP contribution in [-0.4, -0.2) is 90.9 Å². The van der Waals surface area contributed by atoms with Gasteiger partial charge >= 0.3 is 0 Å². The smallest absolute Gasteiger partial charge is 0.268 e. The fourth-order valence-electron chi connectivity index (χ4n) is 7.67. The minimum atomic E-state index is -2.17. The van der Waals surface area contributed by atoms with E-state index in [-0.39, 0.29) is 25.1 Å². The van der Waals surface area contributed by atoms with Crippen LogP contribution in [0.4, 0.5) is 0 Å². The highest BCUT2D eigenvalue weighted by molar-refractivity contribution is 7.42. The molecule has 0 saturated carbocycles. The highest BCUT2D eigenvalue weighted by atomic mass is 32.1. The van der Waals surface area contributed by atoms with Gasteiger partial charge in [-0.05, 0) is 86.2 Å². The van der Waals surface area contributed by atoms with Crippen LogP contribution in [0.15, 0.2) is 115 Å². The number of hydrazine groups is 1. The van der Waals surface area contributed by atoms with Gasteiger partial charge in [-0.25, -0.2) is 15.0 Å². The van der Waals surface area contributed by atoms with Crippen molar-refractivity contribution in [3.8, 4) is 28.0 Å². The minimum absolute atomic E-state index is 0.130. The molecule has 15 heteroatoms. The molecule has 0 radical (unpaired) electrons. The number of pyridine rings is 1. The van der Waals surface area contributed by atoms with E-state index in [1.807, 2.05) is 128 Å². The molecule has 4 heterocycles. The lowest BCUT2D eigenvalue weighted by Crippen LogP contribution is -2.48. The lowest BCUT2D eigenvalue weighted by molar-refractivity contribution is -0.0931. The van der Waals surface area contributed by atoms with Gasteiger partial charge in [0.2, 0.25) is 0 Å². The third kappa shape index (κ3) is 9.88. The van der Waals surface area contributed by atoms with Gasteiger partial charge in [0, 0.05) is 48.1 Å². The molecule has 316 valence electrons. The number of thiophene rings is 1. The maximum atomic E-state index is 11.3. The van der Waals surface area contributed by atoms with Crippen molar-refractivity contribution < 1.29 is 33.8 Å². The van der Waals surface area contributed by atoms with E-state index < -0.39 is 32.6 Å². The molecule has 0 spiro atoms. The van der Waals surface area contributed by atoms with E-state index in [4.69, 9.17) is 29.2 Å². The molecule has 13 nitrogen and oxygen atoms in total. The molecule has 0 unspecified atom stereocenters. The third-order valence-electron chi connectivity index (χ3n) is 10.4. The number of hydrogen-bond donors (Lipinski definition) is 3. The van der Waals surface area contributed by atoms with Crippen LogP contribution in [-0.2, 0) is 15.1 Å². The van der Waals surface area contributed by atoms with E-state index in [0.717, 1.165) is 49.8 Å². The zero-order valence-corrected chi connectivity index (χ0v) is 36.4. The van der Waals surface area contributed by atoms with Crippen molar-refractivity contribution in [3.63, 3.8) is 0 Å². The lowest BCUT2D eigenvalue weighted by atomic mass is 9.80. The van der Waals surface area contributed by atoms with Crippen LogP contribution in [0.3, 0.4) is 0 Å². The van der Waals surface area contributed by atoms with Gasteiger partial charge in [0.1, 0.15) is 34.9 Å². The second kappa shape index (κ2) is 20.7. The van der Waals surface area contributed by atoms with Crippen molar-refractivity contribution in [2.24, 2.45) is 0 Å². The van der Waals surface area contributed by atoms with E-state index >= 15 is 0 Å². The number of rotatable bonds is 16. The lowest BCUT2D eigenvalue weighted by Gasteiger charge is -2.40. The predicted molar refractivity (Wildman–Crippen MR) is 234 cm³/mol. The molecule has 3 aromatic heterocycles. The largest absolute Gasteiger partial charge is 0.497 e. The summed E-state index contributed by atoms with van der Waals surface area (Å²) in [6, 6.07) is 34.3. The summed E-state index contributed by atoms with van der Waals surface area (Å²) in [5.41, 5.74) is 4.30. The van der Waals surface area contributed by atoms with Crippen LogP contribution in [0.2, 0.25) is 0 Å². The summed E-state index contributed by atoms with van der Waals surface area (Å²) in [4.78, 5) is 29.1. The number of aliphatic hydroxyl groups is 1. The maximum Gasteiger partial charge on any atom is 0.268 e. The number of aliphatic hydroxyl groups excluding tert-OH is 1. The van der Waals surface area contributed by atoms with Crippen LogP contribution in [0, 0.1) is 11.3 Å². The van der Waals surface area contributed by atoms with Crippen molar-refractivity contribution in [2.45, 2.75) is 76.7 Å². The highest BCUT2D eigenvalue weighted by Crippen LogP contribution is 2.43. The summed E-state index contributed by atoms with van der Waals surface area (Å²) in [7, 11) is 1.13. The maximum absolute atomic E-state index is 11.3. The normalized spacial score (nSPS) is 16.8. The number of imidazole rings is 1. The third-order valence-corrected chi connectivity index (χ3v) is 12.1. The summed E-state index contributed by atoms with van der Waals surface area (Å²) in [5, 5.41) is 23.7. The molecule has 1 fully saturated rings. The quantitative estimate of drug-likeness (QED) is 0.0487. The number of nitrogens with zero attached hydrogens (tertiary/aromatic N) is 6. The van der Waals surface area contributed by atoms with Crippen LogP contribution >= 0.6 is 19.9 Å². The SMILES string of the molecule is CC(C)N(C(C)C)N(CCC#N)P(O)O.COc1ccc(C(OC[C@H]2O[C@@H](n3cnc4c(-c5cccs5)ccnc43)C[C@@H]2O)(c2ccccc2)c2ccc(OC)cc2)cc1. The number of hydrogen-bond acceptors (Lipinski definition) is 13. The Hall–Kier alpha value is -4.78. The van der Waals surface area contributed by atoms with Gasteiger partial charge in [-0.15, -0.1) is 11.3 Å². The number of benzene rings is 3. The van der Waals surface area contributed by atoms with E-state index in [0.29, 0.717) is 13.0 Å². The first kappa shape index (κ1) is 44.8. The molecule has 1 aliphatic heterocycles. The molecule has 0 aliphatic carbocycles. The number of methoxy groups -OCH3 is 2. The number of nitriles is 1. The first-order valence-corrected chi connectivity index (χ1v) is 21.9. The molecule has 1 aliphatic rings. The number of aromatic nitrogens is 3. The van der Waals surface area contributed by atoms with Gasteiger partial charge < -0.3 is 33.8 Å². The molecular formula is C45H53N6O7PS. The molecule has 3 N–H and O–H groups in total. The van der Waals surface area contributed by atoms with Gasteiger partial charge in [0.15, 0.2) is 5.65 Å². The van der Waals surface area contributed by atoms with Gasteiger partial charge in [0.05, 0.1) is 39.3 Å². The molecule has 0 bridgehead atoms. The Morgan fingerprint density at radius 3 is 2.03 bits per heavy atom. The van der Waals surface area contributed by atoms with E-state index in [9.17, 15) is 14.9 Å². The first-order chi connectivity index (χ1) is 29.0. The highest BCUT2D eigenvalue weighted by Gasteiger charge is 2.42. The van der Waals surface area contributed by atoms with Crippen molar-refractivity contribution in [3.05, 3.63) is 132 Å². The molecule has 6 aromatic rings. The Morgan fingerprint density at radius 1 is 0.883 bits per heavy atom. The standard InChI is InChI=1S/C36H33N3O5S.C9H20N3O2P/c1-41-27-14-10-25(11-15-27)36(24-7-4-3-5-8-24,26-12-16-28(42-2)17-13-26)43-22-31-30(40)21-33(44-31)39-23-38-34-29(18-19-37-35(34)39)32-9-6-20-45-32;1-8(2)12(9(3)4)11(15(13)14)7-5-6-10/h3-20,23,30-31,33,40H,21-22H2,1-2H3;8-9,13-14H,5,7H2,1-4H3/t30-,31+,33+;/m0./s1. The van der Waals surface area contributed by atoms with Crippen molar-refractivity contribution in [1.82, 2.24) is 24.3 Å². The van der Waals surface area contributed by atoms with Crippen molar-refractivity contribution >= 4 is 31.0 Å². The summed E-state index contributed by atoms with van der Waals surface area (Å²) in [6.07, 6.45) is 2.42. The van der Waals surface area contributed by atoms with Gasteiger partial charge in [-0.2, -0.15) is 10.0 Å². The van der Waals surface area contributed by atoms with Crippen molar-refractivity contribution in [1.29, 1.82) is 5.26 Å². The van der Waals surface area contributed by atoms with Crippen LogP contribution in [0.5, 0.6) is 11.5 Å². The summed E-state index contributed by atoms with van der Waals surface area (Å²) < 4.78 is 27.8. The molecule has 3 aromatic carbocycles. The van der Waals surface area contributed by atoms with E-state index in [1.54, 1.807) is 38.1 Å². The first-order valence-electron chi connectivity index (χ1n) is 19.8. The zero-order chi connectivity index (χ0) is 42.8. The second-order valence-electron chi connectivity index (χ2n) is 14.7. The van der Waals surface area contributed by atoms with E-state index in [2.05, 4.69) is 23.2 Å². The Bertz CT molecular complexity index is 2210. The number of fused-ring (bicyclic) bond motifs is 1. The molecule has 1 saturated heterocycles. The summed E-state index contributed by atoms with van der Waals surface area (Å²) >= 11 is 1.66.